The van der Waals surface area contributed by atoms with E-state index in [4.69, 9.17) is 10.2 Å². The van der Waals surface area contributed by atoms with Gasteiger partial charge < -0.3 is 10.2 Å². The molecule has 0 atom stereocenters. The monoisotopic (exact) mass is 225 g/mol. The third kappa shape index (κ3) is 1.63. The Morgan fingerprint density at radius 3 is 2.82 bits per heavy atom. The highest BCUT2D eigenvalue weighted by Gasteiger charge is 2.09. The number of rotatable bonds is 1. The second kappa shape index (κ2) is 3.59. The highest BCUT2D eigenvalue weighted by molar-refractivity contribution is 5.81. The van der Waals surface area contributed by atoms with E-state index in [2.05, 4.69) is 9.97 Å². The second-order valence-corrected chi connectivity index (χ2v) is 3.91. The molecule has 0 unspecified atom stereocenters. The fourth-order valence-electron chi connectivity index (χ4n) is 1.67. The molecule has 0 amide bonds. The lowest BCUT2D eigenvalue weighted by atomic mass is 10.2. The molecule has 2 aromatic heterocycles. The van der Waals surface area contributed by atoms with E-state index in [1.54, 1.807) is 6.20 Å². The highest BCUT2D eigenvalue weighted by Crippen LogP contribution is 2.25. The fraction of sp³-hybridized carbons (Fsp3) is 0.0769. The van der Waals surface area contributed by atoms with Crippen LogP contribution in [0.2, 0.25) is 0 Å². The maximum atomic E-state index is 5.76. The largest absolute Gasteiger partial charge is 0.453 e. The van der Waals surface area contributed by atoms with E-state index < -0.39 is 0 Å². The molecular weight excluding hydrogens is 214 g/mol. The van der Waals surface area contributed by atoms with Gasteiger partial charge in [0, 0.05) is 17.1 Å². The minimum atomic E-state index is 0.482. The van der Waals surface area contributed by atoms with Gasteiger partial charge >= 0.3 is 0 Å². The summed E-state index contributed by atoms with van der Waals surface area (Å²) in [4.78, 5) is 8.43. The van der Waals surface area contributed by atoms with Crippen LogP contribution in [0.4, 0.5) is 5.82 Å². The second-order valence-electron chi connectivity index (χ2n) is 3.91. The number of fused-ring (bicyclic) bond motifs is 1. The van der Waals surface area contributed by atoms with Gasteiger partial charge in [-0.15, -0.1) is 0 Å². The molecule has 1 aromatic carbocycles. The molecule has 84 valence electrons. The number of nitrogen functional groups attached to an aromatic ring is 1. The Kier molecular flexibility index (Phi) is 2.08. The van der Waals surface area contributed by atoms with E-state index in [1.807, 2.05) is 37.3 Å². The molecule has 0 bridgehead atoms. The van der Waals surface area contributed by atoms with Gasteiger partial charge in [-0.1, -0.05) is 18.2 Å². The zero-order chi connectivity index (χ0) is 11.8. The van der Waals surface area contributed by atoms with E-state index >= 15 is 0 Å². The quantitative estimate of drug-likeness (QED) is 0.691. The summed E-state index contributed by atoms with van der Waals surface area (Å²) in [7, 11) is 0. The van der Waals surface area contributed by atoms with E-state index in [-0.39, 0.29) is 0 Å². The van der Waals surface area contributed by atoms with E-state index in [1.165, 1.54) is 0 Å². The summed E-state index contributed by atoms with van der Waals surface area (Å²) in [5.41, 5.74) is 7.45. The molecule has 4 heteroatoms. The summed E-state index contributed by atoms with van der Waals surface area (Å²) in [6.45, 7) is 1.87. The van der Waals surface area contributed by atoms with Crippen LogP contribution in [-0.4, -0.2) is 9.97 Å². The number of aryl methyl sites for hydroxylation is 1. The van der Waals surface area contributed by atoms with Gasteiger partial charge in [0.05, 0.1) is 0 Å². The number of furan rings is 1. The lowest BCUT2D eigenvalue weighted by molar-refractivity contribution is 0.625. The van der Waals surface area contributed by atoms with Gasteiger partial charge in [0.2, 0.25) is 0 Å². The Hall–Kier alpha value is -2.36. The summed E-state index contributed by atoms with van der Waals surface area (Å²) in [5, 5.41) is 1.03. The van der Waals surface area contributed by atoms with E-state index in [9.17, 15) is 0 Å². The normalized spacial score (nSPS) is 10.9. The molecule has 3 rings (SSSR count). The Morgan fingerprint density at radius 1 is 1.24 bits per heavy atom. The first-order valence-electron chi connectivity index (χ1n) is 5.32. The van der Waals surface area contributed by atoms with Crippen molar-refractivity contribution in [3.63, 3.8) is 0 Å². The third-order valence-electron chi connectivity index (χ3n) is 2.66. The molecule has 4 nitrogen and oxygen atoms in total. The van der Waals surface area contributed by atoms with Crippen molar-refractivity contribution in [1.82, 2.24) is 9.97 Å². The number of aromatic nitrogens is 2. The van der Waals surface area contributed by atoms with Gasteiger partial charge in [-0.05, 0) is 19.1 Å². The lowest BCUT2D eigenvalue weighted by Crippen LogP contribution is -1.97. The first-order chi connectivity index (χ1) is 8.24. The van der Waals surface area contributed by atoms with Crippen LogP contribution in [-0.2, 0) is 0 Å². The first kappa shape index (κ1) is 9.84. The van der Waals surface area contributed by atoms with Crippen LogP contribution in [0.1, 0.15) is 5.56 Å². The number of para-hydroxylation sites is 1. The third-order valence-corrected chi connectivity index (χ3v) is 2.66. The Labute approximate surface area is 98.1 Å². The van der Waals surface area contributed by atoms with Crippen molar-refractivity contribution in [2.75, 3.05) is 5.73 Å². The van der Waals surface area contributed by atoms with Crippen LogP contribution in [0.3, 0.4) is 0 Å². The highest BCUT2D eigenvalue weighted by atomic mass is 16.3. The predicted molar refractivity (Wildman–Crippen MR) is 66.4 cm³/mol. The van der Waals surface area contributed by atoms with Crippen molar-refractivity contribution in [3.8, 4) is 11.6 Å². The molecule has 3 aromatic rings. The minimum absolute atomic E-state index is 0.482. The summed E-state index contributed by atoms with van der Waals surface area (Å²) in [5.74, 6) is 1.64. The predicted octanol–water partition coefficient (Wildman–Crippen LogP) is 2.78. The van der Waals surface area contributed by atoms with Crippen molar-refractivity contribution in [2.45, 2.75) is 6.92 Å². The number of hydrogen-bond donors (Lipinski definition) is 1. The summed E-state index contributed by atoms with van der Waals surface area (Å²) in [6, 6.07) is 9.71. The van der Waals surface area contributed by atoms with Crippen molar-refractivity contribution in [2.24, 2.45) is 0 Å². The number of anilines is 1. The molecule has 2 heterocycles. The minimum Gasteiger partial charge on any atom is -0.453 e. The van der Waals surface area contributed by atoms with Crippen LogP contribution in [0.25, 0.3) is 22.6 Å². The smallest absolute Gasteiger partial charge is 0.197 e. The van der Waals surface area contributed by atoms with Crippen molar-refractivity contribution in [1.29, 1.82) is 0 Å². The molecule has 0 aliphatic rings. The maximum absolute atomic E-state index is 5.76. The Bertz CT molecular complexity index is 655. The number of nitrogens with two attached hydrogens (primary N) is 1. The van der Waals surface area contributed by atoms with Gasteiger partial charge in [-0.25, -0.2) is 9.97 Å². The van der Waals surface area contributed by atoms with Crippen molar-refractivity contribution < 1.29 is 4.42 Å². The van der Waals surface area contributed by atoms with Crippen molar-refractivity contribution in [3.05, 3.63) is 42.1 Å². The fourth-order valence-corrected chi connectivity index (χ4v) is 1.67. The molecule has 0 spiro atoms. The first-order valence-corrected chi connectivity index (χ1v) is 5.32. The van der Waals surface area contributed by atoms with Gasteiger partial charge in [0.15, 0.2) is 11.6 Å². The molecule has 17 heavy (non-hydrogen) atoms. The van der Waals surface area contributed by atoms with Gasteiger partial charge in [-0.2, -0.15) is 0 Å². The Balaban J connectivity index is 2.17. The average Bonchev–Trinajstić information content (AvgIpc) is 2.76. The molecule has 0 aliphatic heterocycles. The van der Waals surface area contributed by atoms with Crippen LogP contribution in [0.15, 0.2) is 40.9 Å². The zero-order valence-electron chi connectivity index (χ0n) is 9.34. The van der Waals surface area contributed by atoms with E-state index in [0.717, 1.165) is 16.5 Å². The number of nitrogens with zero attached hydrogens (tertiary/aromatic N) is 2. The molecule has 2 N–H and O–H groups in total. The molecular formula is C13H11N3O. The molecule has 0 aliphatic carbocycles. The van der Waals surface area contributed by atoms with Crippen LogP contribution >= 0.6 is 0 Å². The zero-order valence-corrected chi connectivity index (χ0v) is 9.34. The summed E-state index contributed by atoms with van der Waals surface area (Å²) < 4.78 is 5.67. The number of hydrogen-bond acceptors (Lipinski definition) is 4. The van der Waals surface area contributed by atoms with Gasteiger partial charge in [-0.3, -0.25) is 0 Å². The Morgan fingerprint density at radius 2 is 2.06 bits per heavy atom. The van der Waals surface area contributed by atoms with Crippen LogP contribution in [0.5, 0.6) is 0 Å². The number of benzene rings is 1. The van der Waals surface area contributed by atoms with Crippen molar-refractivity contribution >= 4 is 16.8 Å². The average molecular weight is 225 g/mol. The molecule has 0 radical (unpaired) electrons. The molecule has 0 fully saturated rings. The van der Waals surface area contributed by atoms with Gasteiger partial charge in [0.25, 0.3) is 0 Å². The lowest BCUT2D eigenvalue weighted by Gasteiger charge is -1.99. The van der Waals surface area contributed by atoms with Crippen LogP contribution < -0.4 is 5.73 Å². The standard InChI is InChI=1S/C13H11N3O/c1-8-7-15-13(16-12(8)14)11-6-9-4-2-3-5-10(9)17-11/h2-7H,1H3,(H2,14,15,16). The SMILES string of the molecule is Cc1cnc(-c2cc3ccccc3o2)nc1N. The summed E-state index contributed by atoms with van der Waals surface area (Å²) >= 11 is 0. The molecule has 0 saturated carbocycles. The topological polar surface area (TPSA) is 64.9 Å². The van der Waals surface area contributed by atoms with E-state index in [0.29, 0.717) is 17.4 Å². The summed E-state index contributed by atoms with van der Waals surface area (Å²) in [6.07, 6.45) is 1.70. The van der Waals surface area contributed by atoms with Gasteiger partial charge in [0.1, 0.15) is 11.4 Å². The van der Waals surface area contributed by atoms with Crippen LogP contribution in [0, 0.1) is 6.92 Å². The molecule has 0 saturated heterocycles. The maximum Gasteiger partial charge on any atom is 0.197 e.